The summed E-state index contributed by atoms with van der Waals surface area (Å²) in [6.45, 7) is 4.94. The molecule has 0 fully saturated rings. The lowest BCUT2D eigenvalue weighted by Gasteiger charge is -2.13. The summed E-state index contributed by atoms with van der Waals surface area (Å²) in [7, 11) is 0. The van der Waals surface area contributed by atoms with E-state index in [9.17, 15) is 0 Å². The lowest BCUT2D eigenvalue weighted by atomic mass is 10.1. The van der Waals surface area contributed by atoms with Crippen LogP contribution < -0.4 is 5.32 Å². The highest BCUT2D eigenvalue weighted by Gasteiger charge is 2.06. The maximum absolute atomic E-state index is 4.25. The zero-order valence-electron chi connectivity index (χ0n) is 9.57. The SMILES string of the molecule is Cc1[nH]cnc1CNC(C)c1ccncc1. The Balaban J connectivity index is 1.94. The fraction of sp³-hybridized carbons (Fsp3) is 0.333. The second-order valence-corrected chi connectivity index (χ2v) is 3.86. The van der Waals surface area contributed by atoms with Crippen LogP contribution >= 0.6 is 0 Å². The van der Waals surface area contributed by atoms with Crippen LogP contribution in [0.25, 0.3) is 0 Å². The molecule has 2 aromatic rings. The number of imidazole rings is 1. The molecule has 0 aliphatic heterocycles. The number of aromatic nitrogens is 3. The van der Waals surface area contributed by atoms with Gasteiger partial charge in [-0.15, -0.1) is 0 Å². The van der Waals surface area contributed by atoms with Gasteiger partial charge in [0, 0.05) is 30.7 Å². The molecule has 0 spiro atoms. The normalized spacial score (nSPS) is 12.6. The predicted molar refractivity (Wildman–Crippen MR) is 62.8 cm³/mol. The zero-order valence-corrected chi connectivity index (χ0v) is 9.57. The van der Waals surface area contributed by atoms with E-state index in [1.54, 1.807) is 6.33 Å². The van der Waals surface area contributed by atoms with Gasteiger partial charge in [-0.3, -0.25) is 4.98 Å². The first kappa shape index (κ1) is 10.8. The Morgan fingerprint density at radius 1 is 1.38 bits per heavy atom. The molecule has 2 rings (SSSR count). The summed E-state index contributed by atoms with van der Waals surface area (Å²) in [5.74, 6) is 0. The van der Waals surface area contributed by atoms with Gasteiger partial charge in [-0.25, -0.2) is 4.98 Å². The largest absolute Gasteiger partial charge is 0.348 e. The first-order chi connectivity index (χ1) is 7.77. The molecule has 0 aliphatic carbocycles. The van der Waals surface area contributed by atoms with Gasteiger partial charge in [0.05, 0.1) is 12.0 Å². The molecule has 0 saturated heterocycles. The van der Waals surface area contributed by atoms with Gasteiger partial charge in [0.2, 0.25) is 0 Å². The van der Waals surface area contributed by atoms with E-state index >= 15 is 0 Å². The van der Waals surface area contributed by atoms with Crippen molar-refractivity contribution in [3.05, 3.63) is 47.8 Å². The van der Waals surface area contributed by atoms with Gasteiger partial charge in [0.1, 0.15) is 0 Å². The Labute approximate surface area is 95.1 Å². The summed E-state index contributed by atoms with van der Waals surface area (Å²) in [6, 6.07) is 4.35. The summed E-state index contributed by atoms with van der Waals surface area (Å²) in [5, 5.41) is 3.43. The van der Waals surface area contributed by atoms with Crippen LogP contribution in [0.3, 0.4) is 0 Å². The third-order valence-corrected chi connectivity index (χ3v) is 2.72. The van der Waals surface area contributed by atoms with Gasteiger partial charge in [-0.05, 0) is 31.5 Å². The van der Waals surface area contributed by atoms with Crippen LogP contribution in [0.4, 0.5) is 0 Å². The lowest BCUT2D eigenvalue weighted by Crippen LogP contribution is -2.18. The molecule has 0 bridgehead atoms. The molecular weight excluding hydrogens is 200 g/mol. The van der Waals surface area contributed by atoms with E-state index in [2.05, 4.69) is 27.2 Å². The molecule has 2 aromatic heterocycles. The third kappa shape index (κ3) is 2.46. The molecule has 2 N–H and O–H groups in total. The van der Waals surface area contributed by atoms with Gasteiger partial charge in [0.25, 0.3) is 0 Å². The molecule has 2 heterocycles. The van der Waals surface area contributed by atoms with Crippen molar-refractivity contribution in [1.82, 2.24) is 20.3 Å². The molecule has 0 aromatic carbocycles. The van der Waals surface area contributed by atoms with Crippen molar-refractivity contribution in [3.8, 4) is 0 Å². The molecular formula is C12H16N4. The van der Waals surface area contributed by atoms with Crippen molar-refractivity contribution in [2.24, 2.45) is 0 Å². The number of nitrogens with zero attached hydrogens (tertiary/aromatic N) is 2. The second kappa shape index (κ2) is 4.90. The summed E-state index contributed by atoms with van der Waals surface area (Å²) in [5.41, 5.74) is 3.43. The molecule has 4 nitrogen and oxygen atoms in total. The highest BCUT2D eigenvalue weighted by molar-refractivity contribution is 5.15. The van der Waals surface area contributed by atoms with E-state index in [0.717, 1.165) is 17.9 Å². The van der Waals surface area contributed by atoms with E-state index in [0.29, 0.717) is 6.04 Å². The van der Waals surface area contributed by atoms with Gasteiger partial charge < -0.3 is 10.3 Å². The Kier molecular flexibility index (Phi) is 3.31. The second-order valence-electron chi connectivity index (χ2n) is 3.86. The minimum atomic E-state index is 0.305. The van der Waals surface area contributed by atoms with Crippen LogP contribution in [-0.2, 0) is 6.54 Å². The molecule has 4 heteroatoms. The zero-order chi connectivity index (χ0) is 11.4. The Bertz CT molecular complexity index is 435. The average Bonchev–Trinajstić information content (AvgIpc) is 2.73. The Morgan fingerprint density at radius 2 is 2.12 bits per heavy atom. The number of hydrogen-bond acceptors (Lipinski definition) is 3. The van der Waals surface area contributed by atoms with E-state index in [1.165, 1.54) is 5.56 Å². The third-order valence-electron chi connectivity index (χ3n) is 2.72. The Hall–Kier alpha value is -1.68. The van der Waals surface area contributed by atoms with Crippen LogP contribution in [0.15, 0.2) is 30.9 Å². The van der Waals surface area contributed by atoms with Crippen molar-refractivity contribution in [2.45, 2.75) is 26.4 Å². The monoisotopic (exact) mass is 216 g/mol. The highest BCUT2D eigenvalue weighted by atomic mass is 15.0. The standard InChI is InChI=1S/C12H16N4/c1-9(11-3-5-13-6-4-11)14-7-12-10(2)15-8-16-12/h3-6,8-9,14H,7H2,1-2H3,(H,15,16). The van der Waals surface area contributed by atoms with E-state index in [1.807, 2.05) is 31.5 Å². The number of aryl methyl sites for hydroxylation is 1. The molecule has 1 atom stereocenters. The minimum Gasteiger partial charge on any atom is -0.348 e. The van der Waals surface area contributed by atoms with Crippen molar-refractivity contribution in [1.29, 1.82) is 0 Å². The fourth-order valence-corrected chi connectivity index (χ4v) is 1.59. The molecule has 0 aliphatic rings. The number of nitrogens with one attached hydrogen (secondary N) is 2. The molecule has 0 radical (unpaired) electrons. The number of H-pyrrole nitrogens is 1. The Morgan fingerprint density at radius 3 is 2.75 bits per heavy atom. The van der Waals surface area contributed by atoms with Crippen LogP contribution in [0.5, 0.6) is 0 Å². The van der Waals surface area contributed by atoms with Gasteiger partial charge in [-0.2, -0.15) is 0 Å². The van der Waals surface area contributed by atoms with Crippen molar-refractivity contribution >= 4 is 0 Å². The number of hydrogen-bond donors (Lipinski definition) is 2. The van der Waals surface area contributed by atoms with Gasteiger partial charge >= 0.3 is 0 Å². The van der Waals surface area contributed by atoms with E-state index in [4.69, 9.17) is 0 Å². The van der Waals surface area contributed by atoms with Crippen LogP contribution in [0.1, 0.15) is 29.9 Å². The summed E-state index contributed by atoms with van der Waals surface area (Å²) in [4.78, 5) is 11.3. The number of rotatable bonds is 4. The first-order valence-electron chi connectivity index (χ1n) is 5.39. The topological polar surface area (TPSA) is 53.6 Å². The minimum absolute atomic E-state index is 0.305. The maximum atomic E-state index is 4.25. The van der Waals surface area contributed by atoms with Gasteiger partial charge in [-0.1, -0.05) is 0 Å². The quantitative estimate of drug-likeness (QED) is 0.821. The smallest absolute Gasteiger partial charge is 0.0925 e. The van der Waals surface area contributed by atoms with E-state index in [-0.39, 0.29) is 0 Å². The number of aromatic amines is 1. The molecule has 0 saturated carbocycles. The van der Waals surface area contributed by atoms with Gasteiger partial charge in [0.15, 0.2) is 0 Å². The average molecular weight is 216 g/mol. The lowest BCUT2D eigenvalue weighted by molar-refractivity contribution is 0.567. The van der Waals surface area contributed by atoms with E-state index < -0.39 is 0 Å². The summed E-state index contributed by atoms with van der Waals surface area (Å²) < 4.78 is 0. The molecule has 84 valence electrons. The molecule has 0 amide bonds. The number of pyridine rings is 1. The molecule has 1 unspecified atom stereocenters. The van der Waals surface area contributed by atoms with Crippen molar-refractivity contribution in [3.63, 3.8) is 0 Å². The van der Waals surface area contributed by atoms with Crippen molar-refractivity contribution < 1.29 is 0 Å². The summed E-state index contributed by atoms with van der Waals surface area (Å²) in [6.07, 6.45) is 5.35. The highest BCUT2D eigenvalue weighted by Crippen LogP contribution is 2.11. The first-order valence-corrected chi connectivity index (χ1v) is 5.39. The van der Waals surface area contributed by atoms with Crippen LogP contribution in [-0.4, -0.2) is 15.0 Å². The fourth-order valence-electron chi connectivity index (χ4n) is 1.59. The predicted octanol–water partition coefficient (Wildman–Crippen LogP) is 1.96. The molecule has 16 heavy (non-hydrogen) atoms. The summed E-state index contributed by atoms with van der Waals surface area (Å²) >= 11 is 0. The van der Waals surface area contributed by atoms with Crippen LogP contribution in [0.2, 0.25) is 0 Å². The maximum Gasteiger partial charge on any atom is 0.0925 e. The van der Waals surface area contributed by atoms with Crippen molar-refractivity contribution in [2.75, 3.05) is 0 Å². The van der Waals surface area contributed by atoms with Crippen LogP contribution in [0, 0.1) is 6.92 Å².